The summed E-state index contributed by atoms with van der Waals surface area (Å²) in [5, 5.41) is 3.52. The molecule has 2 nitrogen and oxygen atoms in total. The van der Waals surface area contributed by atoms with Gasteiger partial charge in [0.05, 0.1) is 6.61 Å². The highest BCUT2D eigenvalue weighted by Gasteiger charge is 2.12. The van der Waals surface area contributed by atoms with Gasteiger partial charge in [0.25, 0.3) is 0 Å². The Morgan fingerprint density at radius 2 is 1.76 bits per heavy atom. The summed E-state index contributed by atoms with van der Waals surface area (Å²) in [6.07, 6.45) is 4.78. The number of ether oxygens (including phenoxy) is 1. The Morgan fingerprint density at radius 1 is 1.10 bits per heavy atom. The van der Waals surface area contributed by atoms with E-state index in [2.05, 4.69) is 64.2 Å². The highest BCUT2D eigenvalue weighted by atomic mass is 16.5. The van der Waals surface area contributed by atoms with Gasteiger partial charge in [-0.3, -0.25) is 0 Å². The van der Waals surface area contributed by atoms with Crippen molar-refractivity contribution in [2.45, 2.75) is 71.8 Å². The number of unbranched alkanes of at least 4 members (excludes halogenated alkanes) is 1. The molecule has 0 aliphatic carbocycles. The van der Waals surface area contributed by atoms with E-state index in [0.717, 1.165) is 25.3 Å². The lowest BCUT2D eigenvalue weighted by Crippen LogP contribution is -2.26. The fourth-order valence-electron chi connectivity index (χ4n) is 2.29. The van der Waals surface area contributed by atoms with Gasteiger partial charge in [0.2, 0.25) is 0 Å². The molecule has 0 saturated heterocycles. The van der Waals surface area contributed by atoms with Gasteiger partial charge in [0.1, 0.15) is 5.75 Å². The highest BCUT2D eigenvalue weighted by molar-refractivity contribution is 5.31. The van der Waals surface area contributed by atoms with Crippen LogP contribution in [0.25, 0.3) is 0 Å². The van der Waals surface area contributed by atoms with Gasteiger partial charge >= 0.3 is 0 Å². The molecular formula is C19H33NO. The van der Waals surface area contributed by atoms with Crippen LogP contribution in [-0.4, -0.2) is 19.2 Å². The standard InChI is InChI=1S/C19H33NO/c1-6-14-20-16(2)9-7-8-15-21-18-12-10-17(11-13-18)19(3,4)5/h10-13,16,20H,6-9,14-15H2,1-5H3. The van der Waals surface area contributed by atoms with Gasteiger partial charge in [-0.15, -0.1) is 0 Å². The summed E-state index contributed by atoms with van der Waals surface area (Å²) in [5.74, 6) is 0.986. The summed E-state index contributed by atoms with van der Waals surface area (Å²) in [6.45, 7) is 13.1. The molecule has 0 spiro atoms. The zero-order chi connectivity index (χ0) is 15.7. The monoisotopic (exact) mass is 291 g/mol. The maximum atomic E-state index is 5.82. The highest BCUT2D eigenvalue weighted by Crippen LogP contribution is 2.24. The van der Waals surface area contributed by atoms with Crippen molar-refractivity contribution < 1.29 is 4.74 Å². The van der Waals surface area contributed by atoms with Crippen LogP contribution in [0, 0.1) is 0 Å². The van der Waals surface area contributed by atoms with E-state index in [1.165, 1.54) is 24.8 Å². The topological polar surface area (TPSA) is 21.3 Å². The van der Waals surface area contributed by atoms with Crippen LogP contribution >= 0.6 is 0 Å². The van der Waals surface area contributed by atoms with Crippen LogP contribution in [0.4, 0.5) is 0 Å². The van der Waals surface area contributed by atoms with Crippen LogP contribution in [0.3, 0.4) is 0 Å². The van der Waals surface area contributed by atoms with Gasteiger partial charge in [0.15, 0.2) is 0 Å². The van der Waals surface area contributed by atoms with E-state index >= 15 is 0 Å². The van der Waals surface area contributed by atoms with E-state index in [4.69, 9.17) is 4.74 Å². The SMILES string of the molecule is CCCNC(C)CCCCOc1ccc(C(C)(C)C)cc1. The Balaban J connectivity index is 2.18. The summed E-state index contributed by atoms with van der Waals surface area (Å²) in [7, 11) is 0. The molecule has 2 heteroatoms. The van der Waals surface area contributed by atoms with Gasteiger partial charge in [-0.25, -0.2) is 0 Å². The largest absolute Gasteiger partial charge is 0.494 e. The molecule has 1 unspecified atom stereocenters. The average Bonchev–Trinajstić information content (AvgIpc) is 2.44. The maximum Gasteiger partial charge on any atom is 0.119 e. The summed E-state index contributed by atoms with van der Waals surface area (Å²) in [4.78, 5) is 0. The molecule has 1 aromatic carbocycles. The first-order chi connectivity index (χ1) is 9.93. The normalized spacial score (nSPS) is 13.2. The van der Waals surface area contributed by atoms with Crippen LogP contribution in [0.5, 0.6) is 5.75 Å². The molecule has 1 atom stereocenters. The van der Waals surface area contributed by atoms with Gasteiger partial charge in [-0.05, 0) is 62.3 Å². The Morgan fingerprint density at radius 3 is 2.33 bits per heavy atom. The Hall–Kier alpha value is -1.02. The van der Waals surface area contributed by atoms with Crippen molar-refractivity contribution in [2.24, 2.45) is 0 Å². The van der Waals surface area contributed by atoms with E-state index in [1.807, 2.05) is 0 Å². The molecule has 1 rings (SSSR count). The maximum absolute atomic E-state index is 5.82. The van der Waals surface area contributed by atoms with Crippen LogP contribution < -0.4 is 10.1 Å². The Labute approximate surface area is 131 Å². The van der Waals surface area contributed by atoms with Crippen LogP contribution in [0.1, 0.15) is 65.9 Å². The molecule has 0 saturated carbocycles. The van der Waals surface area contributed by atoms with Gasteiger partial charge in [-0.2, -0.15) is 0 Å². The van der Waals surface area contributed by atoms with Gasteiger partial charge in [0, 0.05) is 6.04 Å². The second-order valence-electron chi connectivity index (χ2n) is 6.97. The van der Waals surface area contributed by atoms with Gasteiger partial charge in [-0.1, -0.05) is 39.8 Å². The zero-order valence-electron chi connectivity index (χ0n) is 14.5. The lowest BCUT2D eigenvalue weighted by Gasteiger charge is -2.19. The zero-order valence-corrected chi connectivity index (χ0v) is 14.5. The minimum absolute atomic E-state index is 0.208. The summed E-state index contributed by atoms with van der Waals surface area (Å²) < 4.78 is 5.82. The van der Waals surface area contributed by atoms with Crippen LogP contribution in [0.15, 0.2) is 24.3 Å². The van der Waals surface area contributed by atoms with Crippen LogP contribution in [-0.2, 0) is 5.41 Å². The van der Waals surface area contributed by atoms with Crippen LogP contribution in [0.2, 0.25) is 0 Å². The third-order valence-electron chi connectivity index (χ3n) is 3.76. The van der Waals surface area contributed by atoms with Crippen molar-refractivity contribution >= 4 is 0 Å². The molecule has 0 aromatic heterocycles. The third kappa shape index (κ3) is 7.52. The summed E-state index contributed by atoms with van der Waals surface area (Å²) >= 11 is 0. The molecule has 0 aliphatic rings. The number of nitrogens with one attached hydrogen (secondary N) is 1. The lowest BCUT2D eigenvalue weighted by molar-refractivity contribution is 0.301. The molecule has 120 valence electrons. The van der Waals surface area contributed by atoms with Crippen molar-refractivity contribution in [1.29, 1.82) is 0 Å². The predicted molar refractivity (Wildman–Crippen MR) is 92.2 cm³/mol. The molecule has 0 aliphatic heterocycles. The molecule has 0 radical (unpaired) electrons. The van der Waals surface area contributed by atoms with E-state index in [0.29, 0.717) is 6.04 Å². The molecule has 0 amide bonds. The third-order valence-corrected chi connectivity index (χ3v) is 3.76. The second-order valence-corrected chi connectivity index (χ2v) is 6.97. The molecule has 1 aromatic rings. The molecular weight excluding hydrogens is 258 g/mol. The summed E-state index contributed by atoms with van der Waals surface area (Å²) in [6, 6.07) is 9.15. The number of hydrogen-bond acceptors (Lipinski definition) is 2. The van der Waals surface area contributed by atoms with Crippen molar-refractivity contribution in [3.63, 3.8) is 0 Å². The number of benzene rings is 1. The fraction of sp³-hybridized carbons (Fsp3) is 0.684. The second kappa shape index (κ2) is 9.09. The smallest absolute Gasteiger partial charge is 0.119 e. The van der Waals surface area contributed by atoms with Gasteiger partial charge < -0.3 is 10.1 Å². The average molecular weight is 291 g/mol. The molecule has 1 N–H and O–H groups in total. The van der Waals surface area contributed by atoms with Crippen molar-refractivity contribution in [1.82, 2.24) is 5.32 Å². The molecule has 0 bridgehead atoms. The van der Waals surface area contributed by atoms with E-state index in [1.54, 1.807) is 0 Å². The lowest BCUT2D eigenvalue weighted by atomic mass is 9.87. The minimum Gasteiger partial charge on any atom is -0.494 e. The summed E-state index contributed by atoms with van der Waals surface area (Å²) in [5.41, 5.74) is 1.56. The molecule has 21 heavy (non-hydrogen) atoms. The van der Waals surface area contributed by atoms with Crippen molar-refractivity contribution in [3.8, 4) is 5.75 Å². The van der Waals surface area contributed by atoms with E-state index in [9.17, 15) is 0 Å². The first-order valence-corrected chi connectivity index (χ1v) is 8.40. The van der Waals surface area contributed by atoms with E-state index in [-0.39, 0.29) is 5.41 Å². The first kappa shape index (κ1) is 18.0. The molecule has 0 fully saturated rings. The fourth-order valence-corrected chi connectivity index (χ4v) is 2.29. The first-order valence-electron chi connectivity index (χ1n) is 8.40. The quantitative estimate of drug-likeness (QED) is 0.652. The number of hydrogen-bond donors (Lipinski definition) is 1. The predicted octanol–water partition coefficient (Wildman–Crippen LogP) is 4.92. The van der Waals surface area contributed by atoms with Crippen molar-refractivity contribution in [2.75, 3.05) is 13.2 Å². The number of rotatable bonds is 9. The Bertz CT molecular complexity index is 378. The minimum atomic E-state index is 0.208. The molecule has 0 heterocycles. The Kier molecular flexibility index (Phi) is 7.81. The van der Waals surface area contributed by atoms with E-state index < -0.39 is 0 Å². The van der Waals surface area contributed by atoms with Crippen molar-refractivity contribution in [3.05, 3.63) is 29.8 Å².